The first-order chi connectivity index (χ1) is 10.2. The minimum Gasteiger partial charge on any atom is -0.504 e. The number of phenols is 1. The highest BCUT2D eigenvalue weighted by Gasteiger charge is 2.26. The normalized spacial score (nSPS) is 13.1. The van der Waals surface area contributed by atoms with Crippen LogP contribution >= 0.6 is 0 Å². The van der Waals surface area contributed by atoms with Crippen molar-refractivity contribution < 1.29 is 29.2 Å². The van der Waals surface area contributed by atoms with E-state index in [4.69, 9.17) is 13.9 Å². The third kappa shape index (κ3) is 3.15. The highest BCUT2D eigenvalue weighted by atomic mass is 16.5. The van der Waals surface area contributed by atoms with Crippen molar-refractivity contribution >= 4 is 11.0 Å². The average molecular weight is 310 g/mol. The third-order valence-corrected chi connectivity index (χ3v) is 3.23. The monoisotopic (exact) mass is 310 g/mol. The maximum Gasteiger partial charge on any atom is 0.336 e. The number of rotatable bonds is 5. The van der Waals surface area contributed by atoms with Crippen LogP contribution in [0.2, 0.25) is 0 Å². The van der Waals surface area contributed by atoms with Crippen molar-refractivity contribution in [3.63, 3.8) is 0 Å². The van der Waals surface area contributed by atoms with Crippen molar-refractivity contribution in [2.75, 3.05) is 13.7 Å². The van der Waals surface area contributed by atoms with Crippen molar-refractivity contribution in [1.29, 1.82) is 0 Å². The summed E-state index contributed by atoms with van der Waals surface area (Å²) in [5.41, 5.74) is -1.79. The molecule has 0 amide bonds. The summed E-state index contributed by atoms with van der Waals surface area (Å²) in [4.78, 5) is 11.3. The molecule has 2 rings (SSSR count). The van der Waals surface area contributed by atoms with E-state index < -0.39 is 17.3 Å². The van der Waals surface area contributed by atoms with Crippen LogP contribution in [0.4, 0.5) is 0 Å². The Morgan fingerprint density at radius 3 is 2.64 bits per heavy atom. The molecule has 7 nitrogen and oxygen atoms in total. The molecule has 2 aromatic rings. The Morgan fingerprint density at radius 2 is 2.05 bits per heavy atom. The van der Waals surface area contributed by atoms with E-state index in [1.807, 2.05) is 0 Å². The smallest absolute Gasteiger partial charge is 0.336 e. The zero-order valence-corrected chi connectivity index (χ0v) is 12.5. The van der Waals surface area contributed by atoms with Gasteiger partial charge in [0.25, 0.3) is 0 Å². The molecule has 0 fully saturated rings. The Balaban J connectivity index is 2.42. The van der Waals surface area contributed by atoms with Gasteiger partial charge in [0.05, 0.1) is 18.1 Å². The minimum atomic E-state index is -1.35. The molecule has 1 heterocycles. The lowest BCUT2D eigenvalue weighted by atomic mass is 10.0. The lowest BCUT2D eigenvalue weighted by molar-refractivity contribution is -0.0664. The summed E-state index contributed by atoms with van der Waals surface area (Å²) in [6.07, 6.45) is -1.15. The zero-order valence-electron chi connectivity index (χ0n) is 12.5. The Bertz CT molecular complexity index is 727. The van der Waals surface area contributed by atoms with Gasteiger partial charge in [-0.1, -0.05) is 0 Å². The Labute approximate surface area is 126 Å². The molecule has 1 atom stereocenters. The van der Waals surface area contributed by atoms with Gasteiger partial charge in [-0.05, 0) is 19.9 Å². The molecule has 1 aromatic heterocycles. The van der Waals surface area contributed by atoms with Gasteiger partial charge in [-0.2, -0.15) is 0 Å². The third-order valence-electron chi connectivity index (χ3n) is 3.23. The van der Waals surface area contributed by atoms with Crippen molar-refractivity contribution in [3.8, 4) is 17.2 Å². The predicted octanol–water partition coefficient (Wildman–Crippen LogP) is 1.02. The van der Waals surface area contributed by atoms with E-state index in [9.17, 15) is 20.1 Å². The van der Waals surface area contributed by atoms with Gasteiger partial charge in [-0.3, -0.25) is 0 Å². The molecule has 120 valence electrons. The molecule has 0 saturated heterocycles. The van der Waals surface area contributed by atoms with Gasteiger partial charge in [0, 0.05) is 12.1 Å². The van der Waals surface area contributed by atoms with Gasteiger partial charge >= 0.3 is 5.63 Å². The van der Waals surface area contributed by atoms with Crippen LogP contribution in [0.3, 0.4) is 0 Å². The van der Waals surface area contributed by atoms with Crippen molar-refractivity contribution in [2.24, 2.45) is 0 Å². The molecule has 22 heavy (non-hydrogen) atoms. The highest BCUT2D eigenvalue weighted by Crippen LogP contribution is 2.42. The number of aliphatic hydroxyl groups excluding tert-OH is 1. The van der Waals surface area contributed by atoms with Crippen molar-refractivity contribution in [3.05, 3.63) is 28.6 Å². The molecule has 0 aliphatic carbocycles. The first kappa shape index (κ1) is 16.1. The van der Waals surface area contributed by atoms with E-state index in [2.05, 4.69) is 0 Å². The lowest BCUT2D eigenvalue weighted by Gasteiger charge is -2.24. The number of methoxy groups -OCH3 is 1. The highest BCUT2D eigenvalue weighted by molar-refractivity contribution is 5.88. The first-order valence-electron chi connectivity index (χ1n) is 6.61. The summed E-state index contributed by atoms with van der Waals surface area (Å²) in [5.74, 6) is -0.106. The number of aliphatic hydroxyl groups is 2. The minimum absolute atomic E-state index is 0.0456. The summed E-state index contributed by atoms with van der Waals surface area (Å²) >= 11 is 0. The fraction of sp³-hybridized carbons (Fsp3) is 0.400. The number of fused-ring (bicyclic) bond motifs is 1. The molecule has 0 saturated carbocycles. The number of aromatic hydroxyl groups is 1. The number of ether oxygens (including phenoxy) is 2. The van der Waals surface area contributed by atoms with Gasteiger partial charge < -0.3 is 29.2 Å². The molecule has 0 aliphatic heterocycles. The molecule has 0 aliphatic rings. The summed E-state index contributed by atoms with van der Waals surface area (Å²) in [7, 11) is 1.35. The Hall–Kier alpha value is -2.25. The lowest BCUT2D eigenvalue weighted by Crippen LogP contribution is -2.40. The van der Waals surface area contributed by atoms with Crippen LogP contribution in [0, 0.1) is 0 Å². The Kier molecular flexibility index (Phi) is 4.30. The van der Waals surface area contributed by atoms with Gasteiger partial charge in [0.15, 0.2) is 11.5 Å². The van der Waals surface area contributed by atoms with Gasteiger partial charge in [0.2, 0.25) is 5.75 Å². The van der Waals surface area contributed by atoms with E-state index in [-0.39, 0.29) is 29.4 Å². The molecule has 3 N–H and O–H groups in total. The molecule has 0 bridgehead atoms. The summed E-state index contributed by atoms with van der Waals surface area (Å²) in [5, 5.41) is 29.9. The molecule has 0 unspecified atom stereocenters. The maximum atomic E-state index is 11.3. The van der Waals surface area contributed by atoms with E-state index in [1.165, 1.54) is 39.2 Å². The van der Waals surface area contributed by atoms with Gasteiger partial charge in [-0.25, -0.2) is 4.79 Å². The fourth-order valence-electron chi connectivity index (χ4n) is 1.83. The molecule has 1 aromatic carbocycles. The van der Waals surface area contributed by atoms with Gasteiger partial charge in [-0.15, -0.1) is 0 Å². The van der Waals surface area contributed by atoms with E-state index >= 15 is 0 Å². The van der Waals surface area contributed by atoms with E-state index in [1.54, 1.807) is 0 Å². The number of phenolic OH excluding ortho intramolecular Hbond substituents is 1. The van der Waals surface area contributed by atoms with E-state index in [0.29, 0.717) is 5.39 Å². The van der Waals surface area contributed by atoms with Crippen LogP contribution in [0.25, 0.3) is 11.0 Å². The number of hydrogen-bond donors (Lipinski definition) is 3. The molecular formula is C15H18O7. The summed E-state index contributed by atoms with van der Waals surface area (Å²) < 4.78 is 15.5. The molecule has 0 spiro atoms. The van der Waals surface area contributed by atoms with Crippen LogP contribution in [0.1, 0.15) is 13.8 Å². The number of benzene rings is 1. The van der Waals surface area contributed by atoms with Crippen LogP contribution < -0.4 is 15.1 Å². The van der Waals surface area contributed by atoms with Gasteiger partial charge in [0.1, 0.15) is 18.3 Å². The Morgan fingerprint density at radius 1 is 1.36 bits per heavy atom. The van der Waals surface area contributed by atoms with E-state index in [0.717, 1.165) is 0 Å². The van der Waals surface area contributed by atoms with Crippen LogP contribution in [0.5, 0.6) is 17.2 Å². The van der Waals surface area contributed by atoms with Crippen LogP contribution in [0.15, 0.2) is 27.4 Å². The summed E-state index contributed by atoms with van der Waals surface area (Å²) in [6, 6.07) is 3.97. The number of hydrogen-bond acceptors (Lipinski definition) is 7. The van der Waals surface area contributed by atoms with Crippen molar-refractivity contribution in [2.45, 2.75) is 25.6 Å². The van der Waals surface area contributed by atoms with Crippen LogP contribution in [-0.2, 0) is 0 Å². The zero-order chi connectivity index (χ0) is 16.5. The second-order valence-electron chi connectivity index (χ2n) is 5.40. The first-order valence-corrected chi connectivity index (χ1v) is 6.61. The van der Waals surface area contributed by atoms with Crippen molar-refractivity contribution in [1.82, 2.24) is 0 Å². The molecular weight excluding hydrogens is 292 g/mol. The maximum absolute atomic E-state index is 11.3. The fourth-order valence-corrected chi connectivity index (χ4v) is 1.83. The topological polar surface area (TPSA) is 109 Å². The van der Waals surface area contributed by atoms with Crippen LogP contribution in [-0.4, -0.2) is 40.7 Å². The second-order valence-corrected chi connectivity index (χ2v) is 5.40. The molecule has 7 heteroatoms. The second kappa shape index (κ2) is 5.86. The average Bonchev–Trinajstić information content (AvgIpc) is 2.43. The standard InChI is InChI=1S/C15H18O7/c1-15(2,19)11(16)7-21-10-6-9-8(4-5-12(17)22-9)13(18)14(10)20-3/h4-6,11,16,18-19H,7H2,1-3H3/t11-/m1/s1. The summed E-state index contributed by atoms with van der Waals surface area (Å²) in [6.45, 7) is 2.65. The molecule has 0 radical (unpaired) electrons. The SMILES string of the molecule is COc1c(OC[C@@H](O)C(C)(C)O)cc2oc(=O)ccc2c1O. The quantitative estimate of drug-likeness (QED) is 0.707. The largest absolute Gasteiger partial charge is 0.504 e. The predicted molar refractivity (Wildman–Crippen MR) is 78.5 cm³/mol.